The predicted octanol–water partition coefficient (Wildman–Crippen LogP) is 27.8. The number of hydrogen-bond acceptors (Lipinski definition) is 20. The van der Waals surface area contributed by atoms with Gasteiger partial charge in [0.05, 0.1) is 73.3 Å². The van der Waals surface area contributed by atoms with Gasteiger partial charge < -0.3 is 33.6 Å². The molecule has 1 unspecified atom stereocenters. The van der Waals surface area contributed by atoms with Crippen molar-refractivity contribution in [3.05, 3.63) is 156 Å². The van der Waals surface area contributed by atoms with Gasteiger partial charge >= 0.3 is 29.8 Å². The Kier molecular flexibility index (Phi) is 36.0. The Morgan fingerprint density at radius 3 is 1.35 bits per heavy atom. The maximum absolute atomic E-state index is 13.8. The number of benzene rings is 6. The topological polar surface area (TPSA) is 290 Å². The molecule has 2 aliphatic heterocycles. The number of thiazole rings is 1. The molecule has 1 N–H and O–H groups in total. The molecule has 10 fully saturated rings. The lowest BCUT2D eigenvalue weighted by molar-refractivity contribution is -0.141. The van der Waals surface area contributed by atoms with Gasteiger partial charge in [0.15, 0.2) is 11.5 Å². The zero-order valence-corrected chi connectivity index (χ0v) is 88.3. The van der Waals surface area contributed by atoms with Gasteiger partial charge in [-0.15, -0.1) is 11.3 Å². The highest BCUT2D eigenvalue weighted by molar-refractivity contribution is 7.91. The molecule has 0 saturated heterocycles. The number of Topliss-reactive ketones (excluding diaryl/α,β-unsaturated/α-hetero) is 1. The lowest BCUT2D eigenvalue weighted by atomic mass is 9.69. The number of hydrogen-bond donors (Lipinski definition) is 1. The van der Waals surface area contributed by atoms with Crippen LogP contribution in [0.2, 0.25) is 0 Å². The molecule has 12 aliphatic rings. The molecule has 10 aliphatic carbocycles. The summed E-state index contributed by atoms with van der Waals surface area (Å²) in [4.78, 5) is 109. The first-order valence-corrected chi connectivity index (χ1v) is 59.1. The highest BCUT2D eigenvalue weighted by Gasteiger charge is 2.45. The second-order valence-corrected chi connectivity index (χ2v) is 49.8. The molecule has 6 aromatic carbocycles. The van der Waals surface area contributed by atoms with Crippen molar-refractivity contribution < 1.29 is 74.4 Å². The number of anilines is 1. The lowest BCUT2D eigenvalue weighted by Gasteiger charge is -2.37. The number of carbonyl (C=O) groups excluding carboxylic acids is 7. The van der Waals surface area contributed by atoms with E-state index in [1.54, 1.807) is 41.7 Å². The average molecular weight is 2010 g/mol. The number of amides is 1. The second-order valence-electron chi connectivity index (χ2n) is 45.5. The number of nitrogens with one attached hydrogen (secondary N) is 1. The standard InChI is InChI=1S/C44H53NO5.C43H57NO4S.C34H42N2O7S2/c1-28-8-13-31(14-9-28)33-17-21-35(22-18-33)43(47)49-38-26-27-39(41-40(38)42(46)37(45-41)25-12-30-6-4-3-5-7-30)50-44(48)36-23-19-34(20-24-36)32-15-10-29(2)11-16-32;1-3-28-9-13-30(14-10-28)32-17-21-34(22-18-32)42(45)47-36-25-26-39(37(27-36)41-44-38-7-5-6-8-40(38)49-41)48-43(46)35-23-19-33(20-24-35)31-15-11-29(4-2)12-16-31;1-34(2)29(20-11-22-7-5-4-6-8-22)36-31-27(35-32(37)24-12-9-23(10-13-24)21-44(39)40)18-19-28(30(31)34)43-33(38)25-14-16-26(17-15-25)45(3,41)42/h3-7,26-29,31-36H,8-11,13-24H2,1-2H3;5-8,25-35H,3-4,9-24H2,1-2H3;4-8,11,18-20,23-26H,9-10,12-17,21H2,1-3H3,(H,35,37)(H,39,40)/p-1/b;;20-11+. The number of sulfone groups is 1. The van der Waals surface area contributed by atoms with Crippen molar-refractivity contribution in [3.63, 3.8) is 0 Å². The number of nitrogens with zero attached hydrogens (tertiary/aromatic N) is 3. The maximum atomic E-state index is 13.8. The van der Waals surface area contributed by atoms with Crippen LogP contribution in [0.3, 0.4) is 0 Å². The van der Waals surface area contributed by atoms with Crippen molar-refractivity contribution in [2.45, 2.75) is 322 Å². The molecule has 144 heavy (non-hydrogen) atoms. The zero-order valence-electron chi connectivity index (χ0n) is 85.8. The second kappa shape index (κ2) is 49.0. The molecule has 19 rings (SSSR count). The van der Waals surface area contributed by atoms with Gasteiger partial charge in [-0.1, -0.05) is 176 Å². The zero-order chi connectivity index (χ0) is 101. The Balaban J connectivity index is 0.000000148. The molecule has 0 radical (unpaired) electrons. The lowest BCUT2D eigenvalue weighted by Crippen LogP contribution is -2.32. The number of rotatable bonds is 24. The molecule has 1 amide bonds. The minimum absolute atomic E-state index is 0.0502. The molecule has 23 heteroatoms. The molecule has 3 heterocycles. The minimum Gasteiger partial charge on any atom is -0.772 e. The molecule has 0 spiro atoms. The smallest absolute Gasteiger partial charge is 0.314 e. The van der Waals surface area contributed by atoms with E-state index in [2.05, 4.69) is 55.9 Å². The molecule has 0 bridgehead atoms. The molecule has 20 nitrogen and oxygen atoms in total. The summed E-state index contributed by atoms with van der Waals surface area (Å²) >= 11 is -0.514. The number of ether oxygens (including phenoxy) is 5. The summed E-state index contributed by atoms with van der Waals surface area (Å²) in [7, 11) is -3.15. The summed E-state index contributed by atoms with van der Waals surface area (Å²) in [6.45, 7) is 13.4. The Morgan fingerprint density at radius 2 is 0.861 bits per heavy atom. The number of aromatic nitrogens is 1. The Hall–Kier alpha value is -9.60. The molecular weight excluding hydrogens is 1860 g/mol. The van der Waals surface area contributed by atoms with E-state index in [0.29, 0.717) is 103 Å². The maximum Gasteiger partial charge on any atom is 0.314 e. The van der Waals surface area contributed by atoms with E-state index in [0.717, 1.165) is 194 Å². The predicted molar refractivity (Wildman–Crippen MR) is 570 cm³/mol. The summed E-state index contributed by atoms with van der Waals surface area (Å²) in [6, 6.07) is 39.4. The number of fused-ring (bicyclic) bond motifs is 3. The molecule has 1 aromatic heterocycles. The van der Waals surface area contributed by atoms with Crippen LogP contribution in [0.1, 0.15) is 338 Å². The van der Waals surface area contributed by atoms with Gasteiger partial charge in [-0.25, -0.2) is 23.4 Å². The largest absolute Gasteiger partial charge is 0.772 e. The van der Waals surface area contributed by atoms with Crippen LogP contribution >= 0.6 is 11.3 Å². The van der Waals surface area contributed by atoms with Crippen LogP contribution in [-0.2, 0) is 55.1 Å². The van der Waals surface area contributed by atoms with E-state index in [-0.39, 0.29) is 105 Å². The highest BCUT2D eigenvalue weighted by atomic mass is 32.2. The normalized spacial score (nSPS) is 29.2. The fraction of sp³-hybridized carbons (Fsp3) is 0.587. The van der Waals surface area contributed by atoms with Gasteiger partial charge in [-0.05, 0) is 381 Å². The van der Waals surface area contributed by atoms with Gasteiger partial charge in [0.25, 0.3) is 0 Å². The Labute approximate surface area is 860 Å². The Morgan fingerprint density at radius 1 is 0.451 bits per heavy atom. The number of carbonyl (C=O) groups is 7. The first kappa shape index (κ1) is 106. The van der Waals surface area contributed by atoms with Gasteiger partial charge in [-0.3, -0.25) is 37.8 Å². The van der Waals surface area contributed by atoms with E-state index in [1.165, 1.54) is 122 Å². The fourth-order valence-electron chi connectivity index (χ4n) is 26.4. The van der Waals surface area contributed by atoms with Crippen molar-refractivity contribution in [3.8, 4) is 51.2 Å². The molecule has 1 atom stereocenters. The molecular formula is C121H151N4O16S3-. The Bertz CT molecular complexity index is 5920. The van der Waals surface area contributed by atoms with Crippen LogP contribution < -0.4 is 29.0 Å². The summed E-state index contributed by atoms with van der Waals surface area (Å²) in [6.07, 6.45) is 49.3. The van der Waals surface area contributed by atoms with Gasteiger partial charge in [-0.2, -0.15) is 0 Å². The first-order valence-electron chi connectivity index (χ1n) is 55.1. The molecule has 770 valence electrons. The number of allylic oxidation sites excluding steroid dienone is 1. The summed E-state index contributed by atoms with van der Waals surface area (Å²) in [5.74, 6) is 14.7. The van der Waals surface area contributed by atoms with E-state index in [1.807, 2.05) is 117 Å². The van der Waals surface area contributed by atoms with Crippen LogP contribution in [0.25, 0.3) is 26.9 Å². The van der Waals surface area contributed by atoms with Crippen molar-refractivity contribution in [1.82, 2.24) is 4.98 Å². The quantitative estimate of drug-likeness (QED) is 0.0254. The SMILES string of the molecule is CC1(C)C(/C=C/c2ccccc2)=Nc2c(NC(=O)C3CCC(CS(=O)[O-])CC3)ccc(OC(=O)C3CCC(S(C)(=O)=O)CC3)c21.CC1CCC(C2CCC(C(=O)Oc3ccc(OC(=O)C4CCC(C5CCC(C)CC5)CC4)c4c3N=C(C#Cc3ccccc3)C4=O)CC2)CC1.CCC1CCC(C2CCC(C(=O)Oc3ccc(OC(=O)C4CCC(C5CCC(CC)CC5)CC4)c(-c4nc5ccccc5s4)c3)CC2)CC1. The van der Waals surface area contributed by atoms with Gasteiger partial charge in [0.2, 0.25) is 11.7 Å². The summed E-state index contributed by atoms with van der Waals surface area (Å²) < 4.78 is 77.6. The third kappa shape index (κ3) is 26.7. The molecule has 10 saturated carbocycles. The van der Waals surface area contributed by atoms with Crippen molar-refractivity contribution >= 4 is 119 Å². The van der Waals surface area contributed by atoms with Crippen LogP contribution in [-0.4, -0.2) is 92.4 Å². The number of aliphatic imine (C=N–C) groups is 2. The number of ketones is 1. The molecule has 7 aromatic rings. The van der Waals surface area contributed by atoms with E-state index in [9.17, 15) is 50.7 Å². The van der Waals surface area contributed by atoms with E-state index < -0.39 is 43.3 Å². The highest BCUT2D eigenvalue weighted by Crippen LogP contribution is 2.54. The van der Waals surface area contributed by atoms with Crippen LogP contribution in [0.4, 0.5) is 17.1 Å². The average Bonchev–Trinajstić information content (AvgIpc) is 1.58. The number of para-hydroxylation sites is 1. The van der Waals surface area contributed by atoms with Crippen molar-refractivity contribution in [1.29, 1.82) is 0 Å². The number of esters is 5. The fourth-order valence-corrected chi connectivity index (χ4v) is 29.2. The summed E-state index contributed by atoms with van der Waals surface area (Å²) in [5.41, 5.74) is 5.69. The van der Waals surface area contributed by atoms with Crippen LogP contribution in [0, 0.1) is 124 Å². The van der Waals surface area contributed by atoms with E-state index >= 15 is 0 Å². The van der Waals surface area contributed by atoms with Gasteiger partial charge in [0, 0.05) is 34.5 Å². The monoisotopic (exact) mass is 2010 g/mol. The van der Waals surface area contributed by atoms with Crippen molar-refractivity contribution in [2.24, 2.45) is 122 Å². The van der Waals surface area contributed by atoms with Gasteiger partial charge in [0.1, 0.15) is 43.5 Å². The van der Waals surface area contributed by atoms with Crippen LogP contribution in [0.15, 0.2) is 143 Å². The van der Waals surface area contributed by atoms with E-state index in [4.69, 9.17) is 33.7 Å². The first-order chi connectivity index (χ1) is 69.6. The third-order valence-electron chi connectivity index (χ3n) is 35.9. The minimum atomic E-state index is -3.15. The third-order valence-corrected chi connectivity index (χ3v) is 39.4. The van der Waals surface area contributed by atoms with Crippen molar-refractivity contribution in [2.75, 3.05) is 17.3 Å². The van der Waals surface area contributed by atoms with Crippen LogP contribution in [0.5, 0.6) is 28.7 Å². The summed E-state index contributed by atoms with van der Waals surface area (Å²) in [5, 5.41) is 3.42.